The van der Waals surface area contributed by atoms with Crippen LogP contribution >= 0.6 is 19.4 Å². The number of pyridine rings is 1. The van der Waals surface area contributed by atoms with E-state index in [4.69, 9.17) is 25.2 Å². The largest absolute Gasteiger partial charge is 0.530 e. The zero-order chi connectivity index (χ0) is 25.8. The number of phosphoric ester groups is 1. The van der Waals surface area contributed by atoms with Gasteiger partial charge in [-0.1, -0.05) is 30.7 Å². The van der Waals surface area contributed by atoms with E-state index in [1.807, 2.05) is 6.92 Å². The smallest absolute Gasteiger partial charge is 0.506 e. The summed E-state index contributed by atoms with van der Waals surface area (Å²) in [7, 11) is -4.13. The van der Waals surface area contributed by atoms with E-state index >= 15 is 0 Å². The summed E-state index contributed by atoms with van der Waals surface area (Å²) < 4.78 is 44.2. The Labute approximate surface area is 208 Å². The van der Waals surface area contributed by atoms with Crippen LogP contribution < -0.4 is 9.84 Å². The van der Waals surface area contributed by atoms with Crippen molar-refractivity contribution in [1.29, 1.82) is 0 Å². The molecule has 1 unspecified atom stereocenters. The number of nitrogens with zero attached hydrogens (tertiary/aromatic N) is 1. The van der Waals surface area contributed by atoms with Crippen LogP contribution in [0.5, 0.6) is 11.5 Å². The van der Waals surface area contributed by atoms with Crippen LogP contribution in [0.25, 0.3) is 10.9 Å². The Morgan fingerprint density at radius 3 is 2.54 bits per heavy atom. The van der Waals surface area contributed by atoms with Gasteiger partial charge in [0.2, 0.25) is 0 Å². The second kappa shape index (κ2) is 10.9. The third kappa shape index (κ3) is 7.15. The van der Waals surface area contributed by atoms with Gasteiger partial charge < -0.3 is 14.9 Å². The van der Waals surface area contributed by atoms with Gasteiger partial charge in [-0.3, -0.25) is 18.8 Å². The van der Waals surface area contributed by atoms with Crippen LogP contribution in [0.4, 0.5) is 4.39 Å². The Morgan fingerprint density at radius 2 is 1.91 bits per heavy atom. The van der Waals surface area contributed by atoms with E-state index in [0.29, 0.717) is 11.4 Å². The number of carbonyl (C=O) groups is 1. The van der Waals surface area contributed by atoms with Crippen molar-refractivity contribution >= 4 is 36.2 Å². The van der Waals surface area contributed by atoms with E-state index in [0.717, 1.165) is 17.8 Å². The number of nitrogens with one attached hydrogen (secondary N) is 1. The molecule has 0 fully saturated rings. The van der Waals surface area contributed by atoms with Crippen LogP contribution in [0.3, 0.4) is 0 Å². The molecule has 0 aliphatic rings. The SMILES string of the molecule is CCCOP(=O)(Oc1cc(F)c2ncc(C(=O)NCc3ccc(Cl)cc3)c(O)c2c1)OC(C)(C)C. The van der Waals surface area contributed by atoms with Crippen LogP contribution in [0.2, 0.25) is 5.02 Å². The van der Waals surface area contributed by atoms with E-state index in [1.54, 1.807) is 45.0 Å². The molecule has 0 saturated carbocycles. The molecule has 188 valence electrons. The first-order valence-electron chi connectivity index (χ1n) is 10.9. The van der Waals surface area contributed by atoms with Crippen LogP contribution in [0, 0.1) is 5.82 Å². The first kappa shape index (κ1) is 26.9. The van der Waals surface area contributed by atoms with Gasteiger partial charge in [0.1, 0.15) is 22.6 Å². The highest BCUT2D eigenvalue weighted by Crippen LogP contribution is 2.53. The van der Waals surface area contributed by atoms with Crippen molar-refractivity contribution < 1.29 is 32.4 Å². The molecule has 0 spiro atoms. The van der Waals surface area contributed by atoms with Crippen molar-refractivity contribution in [3.05, 3.63) is 64.6 Å². The summed E-state index contributed by atoms with van der Waals surface area (Å²) in [5.41, 5.74) is -0.443. The summed E-state index contributed by atoms with van der Waals surface area (Å²) in [5, 5.41) is 13.9. The van der Waals surface area contributed by atoms with Gasteiger partial charge in [0, 0.05) is 29.2 Å². The predicted molar refractivity (Wildman–Crippen MR) is 131 cm³/mol. The van der Waals surface area contributed by atoms with Gasteiger partial charge in [-0.2, -0.15) is 0 Å². The first-order chi connectivity index (χ1) is 16.4. The molecule has 3 aromatic rings. The van der Waals surface area contributed by atoms with Crippen molar-refractivity contribution in [2.24, 2.45) is 0 Å². The van der Waals surface area contributed by atoms with E-state index < -0.39 is 30.9 Å². The van der Waals surface area contributed by atoms with Crippen LogP contribution in [-0.4, -0.2) is 28.2 Å². The van der Waals surface area contributed by atoms with Gasteiger partial charge in [-0.15, -0.1) is 0 Å². The fourth-order valence-corrected chi connectivity index (χ4v) is 4.77. The summed E-state index contributed by atoms with van der Waals surface area (Å²) in [4.78, 5) is 16.7. The van der Waals surface area contributed by atoms with Crippen molar-refractivity contribution in [2.45, 2.75) is 46.3 Å². The molecule has 35 heavy (non-hydrogen) atoms. The average molecular weight is 525 g/mol. The highest BCUT2D eigenvalue weighted by atomic mass is 35.5. The van der Waals surface area contributed by atoms with E-state index in [1.165, 1.54) is 6.07 Å². The van der Waals surface area contributed by atoms with Gasteiger partial charge in [0.25, 0.3) is 5.91 Å². The molecule has 0 bridgehead atoms. The monoisotopic (exact) mass is 524 g/mol. The lowest BCUT2D eigenvalue weighted by atomic mass is 10.1. The highest BCUT2D eigenvalue weighted by molar-refractivity contribution is 7.49. The minimum atomic E-state index is -4.13. The Balaban J connectivity index is 1.90. The summed E-state index contributed by atoms with van der Waals surface area (Å²) in [6.45, 7) is 7.10. The summed E-state index contributed by atoms with van der Waals surface area (Å²) >= 11 is 5.87. The molecule has 0 saturated heterocycles. The molecular formula is C24H27ClFN2O6P. The summed E-state index contributed by atoms with van der Waals surface area (Å²) in [6.07, 6.45) is 1.63. The number of aromatic hydroxyl groups is 1. The maximum absolute atomic E-state index is 14.8. The molecule has 11 heteroatoms. The molecule has 8 nitrogen and oxygen atoms in total. The molecule has 0 aliphatic carbocycles. The van der Waals surface area contributed by atoms with Crippen molar-refractivity contribution in [3.63, 3.8) is 0 Å². The Morgan fingerprint density at radius 1 is 1.23 bits per heavy atom. The average Bonchev–Trinajstić information content (AvgIpc) is 2.76. The molecule has 1 atom stereocenters. The minimum Gasteiger partial charge on any atom is -0.506 e. The fourth-order valence-electron chi connectivity index (χ4n) is 3.06. The number of amides is 1. The Hall–Kier alpha value is -2.71. The number of halogens is 2. The number of hydrogen-bond donors (Lipinski definition) is 2. The first-order valence-corrected chi connectivity index (χ1v) is 12.7. The third-order valence-electron chi connectivity index (χ3n) is 4.54. The number of aromatic nitrogens is 1. The normalized spacial score (nSPS) is 13.4. The summed E-state index contributed by atoms with van der Waals surface area (Å²) in [6, 6.07) is 9.06. The lowest BCUT2D eigenvalue weighted by Crippen LogP contribution is -2.23. The third-order valence-corrected chi connectivity index (χ3v) is 6.49. The molecule has 2 N–H and O–H groups in total. The zero-order valence-corrected chi connectivity index (χ0v) is 21.5. The van der Waals surface area contributed by atoms with Crippen LogP contribution in [-0.2, 0) is 20.2 Å². The zero-order valence-electron chi connectivity index (χ0n) is 19.8. The number of fused-ring (bicyclic) bond motifs is 1. The molecule has 1 amide bonds. The van der Waals surface area contributed by atoms with E-state index in [9.17, 15) is 18.9 Å². The molecular weight excluding hydrogens is 498 g/mol. The summed E-state index contributed by atoms with van der Waals surface area (Å²) in [5.74, 6) is -2.19. The highest BCUT2D eigenvalue weighted by Gasteiger charge is 2.35. The Kier molecular flexibility index (Phi) is 8.38. The maximum Gasteiger partial charge on any atom is 0.530 e. The molecule has 0 radical (unpaired) electrons. The van der Waals surface area contributed by atoms with E-state index in [-0.39, 0.29) is 35.4 Å². The second-order valence-electron chi connectivity index (χ2n) is 8.71. The van der Waals surface area contributed by atoms with Crippen LogP contribution in [0.1, 0.15) is 50.0 Å². The molecule has 0 aliphatic heterocycles. The second-order valence-corrected chi connectivity index (χ2v) is 10.7. The number of phosphoric acid groups is 1. The van der Waals surface area contributed by atoms with Crippen molar-refractivity contribution in [2.75, 3.05) is 6.61 Å². The van der Waals surface area contributed by atoms with Crippen molar-refractivity contribution in [1.82, 2.24) is 10.3 Å². The van der Waals surface area contributed by atoms with Gasteiger partial charge in [-0.25, -0.2) is 8.96 Å². The van der Waals surface area contributed by atoms with Gasteiger partial charge in [0.15, 0.2) is 5.82 Å². The van der Waals surface area contributed by atoms with Crippen LogP contribution in [0.15, 0.2) is 42.6 Å². The maximum atomic E-state index is 14.8. The lowest BCUT2D eigenvalue weighted by Gasteiger charge is -2.26. The number of carbonyl (C=O) groups excluding carboxylic acids is 1. The number of benzene rings is 2. The van der Waals surface area contributed by atoms with Gasteiger partial charge >= 0.3 is 7.82 Å². The van der Waals surface area contributed by atoms with Crippen molar-refractivity contribution in [3.8, 4) is 11.5 Å². The van der Waals surface area contributed by atoms with E-state index in [2.05, 4.69) is 10.3 Å². The van der Waals surface area contributed by atoms with Gasteiger partial charge in [-0.05, 0) is 51.0 Å². The molecule has 3 rings (SSSR count). The predicted octanol–water partition coefficient (Wildman–Crippen LogP) is 6.39. The Bertz CT molecular complexity index is 1260. The molecule has 1 heterocycles. The number of hydrogen-bond acceptors (Lipinski definition) is 7. The molecule has 1 aromatic heterocycles. The lowest BCUT2D eigenvalue weighted by molar-refractivity contribution is 0.0657. The minimum absolute atomic E-state index is 0.0914. The quantitative estimate of drug-likeness (QED) is 0.312. The van der Waals surface area contributed by atoms with Gasteiger partial charge in [0.05, 0.1) is 12.2 Å². The molecule has 2 aromatic carbocycles. The standard InChI is InChI=1S/C24H27ClFN2O6P/c1-5-10-32-35(31,34-24(2,3)4)33-17-11-18-21(20(26)12-17)27-14-19(22(18)29)23(30)28-13-15-6-8-16(25)9-7-15/h6-9,11-12,14H,5,10,13H2,1-4H3,(H,27,29)(H,28,30). The fraction of sp³-hybridized carbons (Fsp3) is 0.333. The topological polar surface area (TPSA) is 107 Å². The number of rotatable bonds is 9.